The van der Waals surface area contributed by atoms with Crippen molar-refractivity contribution in [1.29, 1.82) is 0 Å². The third-order valence-electron chi connectivity index (χ3n) is 3.85. The lowest BCUT2D eigenvalue weighted by Crippen LogP contribution is -2.66. The molecule has 1 atom stereocenters. The van der Waals surface area contributed by atoms with Crippen molar-refractivity contribution in [3.05, 3.63) is 29.0 Å². The van der Waals surface area contributed by atoms with Gasteiger partial charge < -0.3 is 10.2 Å². The number of nitrogens with zero attached hydrogens (tertiary/aromatic N) is 1. The van der Waals surface area contributed by atoms with Crippen LogP contribution in [-0.2, 0) is 9.59 Å². The highest BCUT2D eigenvalue weighted by atomic mass is 35.5. The van der Waals surface area contributed by atoms with Crippen molar-refractivity contribution < 1.29 is 14.0 Å². The normalized spacial score (nSPS) is 20.9. The Morgan fingerprint density at radius 3 is 2.76 bits per heavy atom. The smallest absolute Gasteiger partial charge is 0.250 e. The molecule has 1 aliphatic heterocycles. The van der Waals surface area contributed by atoms with Crippen molar-refractivity contribution in [3.8, 4) is 0 Å². The van der Waals surface area contributed by atoms with Crippen molar-refractivity contribution >= 4 is 29.1 Å². The van der Waals surface area contributed by atoms with Gasteiger partial charge in [-0.3, -0.25) is 9.59 Å². The first-order valence-electron chi connectivity index (χ1n) is 6.95. The van der Waals surface area contributed by atoms with E-state index in [1.54, 1.807) is 11.8 Å². The second kappa shape index (κ2) is 6.02. The van der Waals surface area contributed by atoms with Gasteiger partial charge in [-0.05, 0) is 38.0 Å². The second-order valence-corrected chi connectivity index (χ2v) is 5.83. The average Bonchev–Trinajstić information content (AvgIpc) is 2.41. The molecule has 114 valence electrons. The van der Waals surface area contributed by atoms with Gasteiger partial charge in [0.2, 0.25) is 11.8 Å². The van der Waals surface area contributed by atoms with Crippen LogP contribution in [0, 0.1) is 5.82 Å². The van der Waals surface area contributed by atoms with E-state index in [9.17, 15) is 14.0 Å². The molecule has 0 aromatic heterocycles. The Kier molecular flexibility index (Phi) is 4.52. The maximum atomic E-state index is 13.7. The molecule has 1 N–H and O–H groups in total. The van der Waals surface area contributed by atoms with Crippen LogP contribution in [0.2, 0.25) is 5.02 Å². The summed E-state index contributed by atoms with van der Waals surface area (Å²) in [5.41, 5.74) is -0.885. The zero-order valence-corrected chi connectivity index (χ0v) is 12.8. The summed E-state index contributed by atoms with van der Waals surface area (Å²) < 4.78 is 13.7. The lowest BCUT2D eigenvalue weighted by atomic mass is 9.85. The lowest BCUT2D eigenvalue weighted by molar-refractivity contribution is -0.154. The predicted octanol–water partition coefficient (Wildman–Crippen LogP) is 3.21. The monoisotopic (exact) mass is 312 g/mol. The molecule has 2 rings (SSSR count). The van der Waals surface area contributed by atoms with Gasteiger partial charge in [0.1, 0.15) is 11.4 Å². The average molecular weight is 313 g/mol. The van der Waals surface area contributed by atoms with Gasteiger partial charge in [-0.25, -0.2) is 4.39 Å². The number of likely N-dealkylation sites (tertiary alicyclic amines) is 1. The van der Waals surface area contributed by atoms with Crippen LogP contribution in [0.4, 0.5) is 10.1 Å². The van der Waals surface area contributed by atoms with Gasteiger partial charge >= 0.3 is 0 Å². The number of nitrogens with one attached hydrogen (secondary N) is 1. The molecule has 1 saturated heterocycles. The largest absolute Gasteiger partial charge is 0.328 e. The molecule has 0 aliphatic carbocycles. The summed E-state index contributed by atoms with van der Waals surface area (Å²) in [5.74, 6) is -0.991. The molecule has 0 bridgehead atoms. The third kappa shape index (κ3) is 3.02. The molecule has 0 radical (unpaired) electrons. The number of anilines is 1. The minimum Gasteiger partial charge on any atom is -0.328 e. The summed E-state index contributed by atoms with van der Waals surface area (Å²) in [6.45, 7) is 4.17. The summed E-state index contributed by atoms with van der Waals surface area (Å²) in [6, 6.07) is 3.96. The van der Waals surface area contributed by atoms with E-state index in [0.29, 0.717) is 24.4 Å². The van der Waals surface area contributed by atoms with Crippen LogP contribution < -0.4 is 5.32 Å². The molecule has 0 saturated carbocycles. The molecular formula is C15H18ClFN2O2. The molecule has 1 unspecified atom stereocenters. The quantitative estimate of drug-likeness (QED) is 0.928. The maximum Gasteiger partial charge on any atom is 0.250 e. The van der Waals surface area contributed by atoms with Crippen LogP contribution in [-0.4, -0.2) is 28.8 Å². The molecule has 6 heteroatoms. The highest BCUT2D eigenvalue weighted by Crippen LogP contribution is 2.33. The van der Waals surface area contributed by atoms with Crippen molar-refractivity contribution in [1.82, 2.24) is 4.90 Å². The SMILES string of the molecule is CCCC(=O)N1CCC1(C)C(=O)Nc1cc(Cl)ccc1F. The Morgan fingerprint density at radius 2 is 2.19 bits per heavy atom. The van der Waals surface area contributed by atoms with Crippen LogP contribution in [0.3, 0.4) is 0 Å². The highest BCUT2D eigenvalue weighted by molar-refractivity contribution is 6.30. The van der Waals surface area contributed by atoms with Gasteiger partial charge in [0.15, 0.2) is 0 Å². The van der Waals surface area contributed by atoms with E-state index >= 15 is 0 Å². The predicted molar refractivity (Wildman–Crippen MR) is 79.7 cm³/mol. The molecule has 2 amide bonds. The Balaban J connectivity index is 2.12. The van der Waals surface area contributed by atoms with Crippen molar-refractivity contribution in [2.24, 2.45) is 0 Å². The molecule has 1 aliphatic rings. The van der Waals surface area contributed by atoms with Gasteiger partial charge in [-0.15, -0.1) is 0 Å². The highest BCUT2D eigenvalue weighted by Gasteiger charge is 2.49. The fourth-order valence-corrected chi connectivity index (χ4v) is 2.57. The molecule has 1 aromatic carbocycles. The van der Waals surface area contributed by atoms with Gasteiger partial charge in [-0.2, -0.15) is 0 Å². The number of benzene rings is 1. The second-order valence-electron chi connectivity index (χ2n) is 5.40. The van der Waals surface area contributed by atoms with Crippen molar-refractivity contribution in [2.45, 2.75) is 38.6 Å². The summed E-state index contributed by atoms with van der Waals surface area (Å²) in [6.07, 6.45) is 1.71. The summed E-state index contributed by atoms with van der Waals surface area (Å²) in [7, 11) is 0. The first-order valence-corrected chi connectivity index (χ1v) is 7.33. The molecule has 21 heavy (non-hydrogen) atoms. The van der Waals surface area contributed by atoms with E-state index in [1.165, 1.54) is 18.2 Å². The van der Waals surface area contributed by atoms with Crippen LogP contribution in [0.1, 0.15) is 33.1 Å². The minimum absolute atomic E-state index is 0.0310. The van der Waals surface area contributed by atoms with Crippen LogP contribution >= 0.6 is 11.6 Å². The molecule has 1 heterocycles. The summed E-state index contributed by atoms with van der Waals surface area (Å²) in [5, 5.41) is 2.87. The number of carbonyl (C=O) groups excluding carboxylic acids is 2. The first-order chi connectivity index (χ1) is 9.88. The van der Waals surface area contributed by atoms with E-state index in [-0.39, 0.29) is 17.5 Å². The topological polar surface area (TPSA) is 49.4 Å². The summed E-state index contributed by atoms with van der Waals surface area (Å²) >= 11 is 5.80. The Morgan fingerprint density at radius 1 is 1.48 bits per heavy atom. The fraction of sp³-hybridized carbons (Fsp3) is 0.467. The Bertz CT molecular complexity index is 579. The number of halogens is 2. The number of hydrogen-bond donors (Lipinski definition) is 1. The van der Waals surface area contributed by atoms with E-state index in [4.69, 9.17) is 11.6 Å². The Hall–Kier alpha value is -1.62. The summed E-state index contributed by atoms with van der Waals surface area (Å²) in [4.78, 5) is 25.9. The number of hydrogen-bond acceptors (Lipinski definition) is 2. The van der Waals surface area contributed by atoms with Gasteiger partial charge in [0.25, 0.3) is 0 Å². The van der Waals surface area contributed by atoms with E-state index in [2.05, 4.69) is 5.32 Å². The first kappa shape index (κ1) is 15.8. The number of amides is 2. The van der Waals surface area contributed by atoms with E-state index < -0.39 is 11.4 Å². The fourth-order valence-electron chi connectivity index (χ4n) is 2.39. The number of carbonyl (C=O) groups is 2. The van der Waals surface area contributed by atoms with Crippen LogP contribution in [0.15, 0.2) is 18.2 Å². The van der Waals surface area contributed by atoms with Crippen LogP contribution in [0.5, 0.6) is 0 Å². The maximum absolute atomic E-state index is 13.7. The lowest BCUT2D eigenvalue weighted by Gasteiger charge is -2.49. The zero-order chi connectivity index (χ0) is 15.6. The Labute approximate surface area is 128 Å². The number of rotatable bonds is 4. The standard InChI is InChI=1S/C15H18ClFN2O2/c1-3-4-13(20)19-8-7-15(19,2)14(21)18-12-9-10(16)5-6-11(12)17/h5-6,9H,3-4,7-8H2,1-2H3,(H,18,21). The molecule has 1 fully saturated rings. The van der Waals surface area contributed by atoms with Crippen molar-refractivity contribution in [2.75, 3.05) is 11.9 Å². The van der Waals surface area contributed by atoms with Gasteiger partial charge in [-0.1, -0.05) is 18.5 Å². The van der Waals surface area contributed by atoms with Gasteiger partial charge in [0, 0.05) is 18.0 Å². The molecule has 1 aromatic rings. The van der Waals surface area contributed by atoms with E-state index in [0.717, 1.165) is 6.42 Å². The van der Waals surface area contributed by atoms with Gasteiger partial charge in [0.05, 0.1) is 5.69 Å². The third-order valence-corrected chi connectivity index (χ3v) is 4.08. The van der Waals surface area contributed by atoms with Crippen LogP contribution in [0.25, 0.3) is 0 Å². The van der Waals surface area contributed by atoms with Crippen molar-refractivity contribution in [3.63, 3.8) is 0 Å². The molecule has 4 nitrogen and oxygen atoms in total. The minimum atomic E-state index is -0.916. The molecular weight excluding hydrogens is 295 g/mol. The molecule has 0 spiro atoms. The van der Waals surface area contributed by atoms with E-state index in [1.807, 2.05) is 6.92 Å². The zero-order valence-electron chi connectivity index (χ0n) is 12.1.